The number of rotatable bonds is 1. The summed E-state index contributed by atoms with van der Waals surface area (Å²) in [5.74, 6) is 0.323. The third-order valence-corrected chi connectivity index (χ3v) is 3.00. The van der Waals surface area contributed by atoms with Gasteiger partial charge in [0.05, 0.1) is 0 Å². The van der Waals surface area contributed by atoms with Crippen LogP contribution in [0.4, 0.5) is 0 Å². The molecule has 0 aromatic rings. The lowest BCUT2D eigenvalue weighted by atomic mass is 9.91. The van der Waals surface area contributed by atoms with Crippen LogP contribution in [0.25, 0.3) is 0 Å². The molecule has 0 spiro atoms. The van der Waals surface area contributed by atoms with Crippen LogP contribution in [-0.2, 0) is 4.79 Å². The Morgan fingerprint density at radius 3 is 2.50 bits per heavy atom. The Balaban J connectivity index is 2.69. The van der Waals surface area contributed by atoms with E-state index in [0.29, 0.717) is 11.9 Å². The Morgan fingerprint density at radius 2 is 2.00 bits per heavy atom. The molecule has 14 heavy (non-hydrogen) atoms. The molecular weight excluding hydrogens is 174 g/mol. The summed E-state index contributed by atoms with van der Waals surface area (Å²) in [6.07, 6.45) is 4.75. The summed E-state index contributed by atoms with van der Waals surface area (Å²) in [5.41, 5.74) is -0.218. The smallest absolute Gasteiger partial charge is 0.228 e. The van der Waals surface area contributed by atoms with E-state index in [1.165, 1.54) is 19.3 Å². The molecule has 1 saturated heterocycles. The second-order valence-electron chi connectivity index (χ2n) is 5.31. The molecule has 0 aliphatic carbocycles. The summed E-state index contributed by atoms with van der Waals surface area (Å²) in [5, 5.41) is 0. The summed E-state index contributed by atoms with van der Waals surface area (Å²) in [6, 6.07) is 0.496. The fourth-order valence-electron chi connectivity index (χ4n) is 2.12. The van der Waals surface area contributed by atoms with E-state index >= 15 is 0 Å². The normalized spacial score (nSPS) is 23.7. The molecule has 1 heterocycles. The Hall–Kier alpha value is -0.530. The molecule has 1 aliphatic heterocycles. The van der Waals surface area contributed by atoms with E-state index in [2.05, 4.69) is 11.8 Å². The van der Waals surface area contributed by atoms with E-state index in [9.17, 15) is 4.79 Å². The van der Waals surface area contributed by atoms with Crippen LogP contribution < -0.4 is 0 Å². The zero-order valence-electron chi connectivity index (χ0n) is 9.97. The highest BCUT2D eigenvalue weighted by Gasteiger charge is 2.32. The van der Waals surface area contributed by atoms with Crippen molar-refractivity contribution >= 4 is 5.91 Å². The summed E-state index contributed by atoms with van der Waals surface area (Å²) in [4.78, 5) is 14.2. The number of nitrogens with zero attached hydrogens (tertiary/aromatic N) is 1. The molecule has 0 aromatic heterocycles. The van der Waals surface area contributed by atoms with Crippen molar-refractivity contribution in [2.45, 2.75) is 59.4 Å². The molecule has 1 atom stereocenters. The lowest BCUT2D eigenvalue weighted by Gasteiger charge is -2.39. The molecule has 2 nitrogen and oxygen atoms in total. The molecule has 0 saturated carbocycles. The highest BCUT2D eigenvalue weighted by Crippen LogP contribution is 2.25. The third kappa shape index (κ3) is 2.49. The molecule has 0 radical (unpaired) electrons. The molecule has 1 rings (SSSR count). The number of piperidine rings is 1. The first-order valence-electron chi connectivity index (χ1n) is 5.78. The predicted octanol–water partition coefficient (Wildman–Crippen LogP) is 2.82. The lowest BCUT2D eigenvalue weighted by Crippen LogP contribution is -2.48. The van der Waals surface area contributed by atoms with Crippen LogP contribution in [0.3, 0.4) is 0 Å². The average molecular weight is 197 g/mol. The molecule has 0 N–H and O–H groups in total. The molecule has 0 bridgehead atoms. The second kappa shape index (κ2) is 4.33. The largest absolute Gasteiger partial charge is 0.339 e. The van der Waals surface area contributed by atoms with E-state index in [4.69, 9.17) is 0 Å². The van der Waals surface area contributed by atoms with Gasteiger partial charge in [0.2, 0.25) is 5.91 Å². The van der Waals surface area contributed by atoms with Gasteiger partial charge in [0, 0.05) is 18.0 Å². The van der Waals surface area contributed by atoms with E-state index < -0.39 is 0 Å². The van der Waals surface area contributed by atoms with Crippen LogP contribution in [0.5, 0.6) is 0 Å². The maximum Gasteiger partial charge on any atom is 0.228 e. The summed E-state index contributed by atoms with van der Waals surface area (Å²) in [7, 11) is 0. The maximum absolute atomic E-state index is 12.1. The topological polar surface area (TPSA) is 20.3 Å². The molecule has 2 heteroatoms. The highest BCUT2D eigenvalue weighted by atomic mass is 16.2. The Bertz CT molecular complexity index is 205. The van der Waals surface area contributed by atoms with Crippen molar-refractivity contribution in [3.05, 3.63) is 0 Å². The van der Waals surface area contributed by atoms with Gasteiger partial charge in [-0.15, -0.1) is 0 Å². The van der Waals surface area contributed by atoms with Crippen LogP contribution in [0.2, 0.25) is 0 Å². The SMILES string of the molecule is CC[C@H]1CCCCN1C(=O)C(C)(C)C. The third-order valence-electron chi connectivity index (χ3n) is 3.00. The number of carbonyl (C=O) groups excluding carboxylic acids is 1. The number of hydrogen-bond acceptors (Lipinski definition) is 1. The van der Waals surface area contributed by atoms with Gasteiger partial charge in [-0.1, -0.05) is 27.7 Å². The van der Waals surface area contributed by atoms with Crippen molar-refractivity contribution in [3.8, 4) is 0 Å². The Kier molecular flexibility index (Phi) is 3.57. The molecule has 0 unspecified atom stereocenters. The summed E-state index contributed by atoms with van der Waals surface area (Å²) in [6.45, 7) is 9.18. The first-order chi connectivity index (χ1) is 6.46. The predicted molar refractivity (Wildman–Crippen MR) is 59.1 cm³/mol. The molecule has 1 amide bonds. The van der Waals surface area contributed by atoms with Crippen molar-refractivity contribution in [3.63, 3.8) is 0 Å². The van der Waals surface area contributed by atoms with Gasteiger partial charge in [0.25, 0.3) is 0 Å². The first-order valence-corrected chi connectivity index (χ1v) is 5.78. The zero-order valence-corrected chi connectivity index (χ0v) is 9.97. The van der Waals surface area contributed by atoms with Crippen LogP contribution in [0.15, 0.2) is 0 Å². The zero-order chi connectivity index (χ0) is 10.8. The lowest BCUT2D eigenvalue weighted by molar-refractivity contribution is -0.143. The number of hydrogen-bond donors (Lipinski definition) is 0. The van der Waals surface area contributed by atoms with Crippen molar-refractivity contribution in [1.29, 1.82) is 0 Å². The highest BCUT2D eigenvalue weighted by molar-refractivity contribution is 5.81. The van der Waals surface area contributed by atoms with Crippen LogP contribution in [0.1, 0.15) is 53.4 Å². The molecule has 1 aliphatic rings. The van der Waals surface area contributed by atoms with Gasteiger partial charge in [-0.3, -0.25) is 4.79 Å². The fraction of sp³-hybridized carbons (Fsp3) is 0.917. The van der Waals surface area contributed by atoms with Crippen molar-refractivity contribution in [2.24, 2.45) is 5.41 Å². The minimum atomic E-state index is -0.218. The van der Waals surface area contributed by atoms with Gasteiger partial charge >= 0.3 is 0 Å². The summed E-state index contributed by atoms with van der Waals surface area (Å²) < 4.78 is 0. The minimum Gasteiger partial charge on any atom is -0.339 e. The second-order valence-corrected chi connectivity index (χ2v) is 5.31. The van der Waals surface area contributed by atoms with Crippen molar-refractivity contribution in [1.82, 2.24) is 4.90 Å². The monoisotopic (exact) mass is 197 g/mol. The van der Waals surface area contributed by atoms with E-state index in [-0.39, 0.29) is 5.41 Å². The quantitative estimate of drug-likeness (QED) is 0.633. The van der Waals surface area contributed by atoms with Gasteiger partial charge in [-0.2, -0.15) is 0 Å². The number of carbonyl (C=O) groups is 1. The molecule has 82 valence electrons. The van der Waals surface area contributed by atoms with E-state index in [0.717, 1.165) is 13.0 Å². The van der Waals surface area contributed by atoms with Crippen LogP contribution in [-0.4, -0.2) is 23.4 Å². The molecular formula is C12H23NO. The van der Waals surface area contributed by atoms with Gasteiger partial charge in [-0.05, 0) is 25.7 Å². The number of likely N-dealkylation sites (tertiary alicyclic amines) is 1. The fourth-order valence-corrected chi connectivity index (χ4v) is 2.12. The van der Waals surface area contributed by atoms with Crippen LogP contribution >= 0.6 is 0 Å². The summed E-state index contributed by atoms with van der Waals surface area (Å²) >= 11 is 0. The molecule has 0 aromatic carbocycles. The van der Waals surface area contributed by atoms with Gasteiger partial charge < -0.3 is 4.90 Å². The van der Waals surface area contributed by atoms with Crippen molar-refractivity contribution in [2.75, 3.05) is 6.54 Å². The molecule has 1 fully saturated rings. The van der Waals surface area contributed by atoms with Gasteiger partial charge in [0.1, 0.15) is 0 Å². The van der Waals surface area contributed by atoms with Crippen LogP contribution in [0, 0.1) is 5.41 Å². The first kappa shape index (κ1) is 11.5. The standard InChI is InChI=1S/C12H23NO/c1-5-10-8-6-7-9-13(10)11(14)12(2,3)4/h10H,5-9H2,1-4H3/t10-/m0/s1. The van der Waals surface area contributed by atoms with Crippen molar-refractivity contribution < 1.29 is 4.79 Å². The van der Waals surface area contributed by atoms with Gasteiger partial charge in [0.15, 0.2) is 0 Å². The van der Waals surface area contributed by atoms with E-state index in [1.807, 2.05) is 20.8 Å². The Morgan fingerprint density at radius 1 is 1.36 bits per heavy atom. The maximum atomic E-state index is 12.1. The number of amides is 1. The average Bonchev–Trinajstić information content (AvgIpc) is 2.15. The van der Waals surface area contributed by atoms with Gasteiger partial charge in [-0.25, -0.2) is 0 Å². The minimum absolute atomic E-state index is 0.218. The van der Waals surface area contributed by atoms with E-state index in [1.54, 1.807) is 0 Å². The Labute approximate surface area is 87.7 Å².